The number of hydrogen-bond donors (Lipinski definition) is 2. The first-order chi connectivity index (χ1) is 10.8. The second-order valence-electron chi connectivity index (χ2n) is 5.82. The summed E-state index contributed by atoms with van der Waals surface area (Å²) in [5, 5.41) is 5.64. The number of benzene rings is 1. The van der Waals surface area contributed by atoms with E-state index in [4.69, 9.17) is 9.47 Å². The summed E-state index contributed by atoms with van der Waals surface area (Å²) in [4.78, 5) is 35.1. The fraction of sp³-hybridized carbons (Fsp3) is 0.312. The van der Waals surface area contributed by atoms with E-state index in [0.717, 1.165) is 11.1 Å². The highest BCUT2D eigenvalue weighted by atomic mass is 16.7. The molecule has 0 unspecified atom stereocenters. The molecule has 0 bridgehead atoms. The number of cyclic esters (lactones) is 2. The third kappa shape index (κ3) is 3.18. The largest absolute Gasteiger partial charge is 0.419 e. The number of hydrogen-bond acceptors (Lipinski definition) is 6. The normalized spacial score (nSPS) is 19.2. The Morgan fingerprint density at radius 1 is 1.13 bits per heavy atom. The molecule has 1 fully saturated rings. The Hall–Kier alpha value is -2.83. The number of ether oxygens (including phenoxy) is 2. The molecule has 3 rings (SSSR count). The molecule has 1 aromatic rings. The summed E-state index contributed by atoms with van der Waals surface area (Å²) in [5.74, 6) is -2.77. The van der Waals surface area contributed by atoms with Gasteiger partial charge < -0.3 is 20.1 Å². The van der Waals surface area contributed by atoms with Crippen LogP contribution in [0.15, 0.2) is 30.0 Å². The van der Waals surface area contributed by atoms with Gasteiger partial charge in [-0.25, -0.2) is 9.59 Å². The molecule has 23 heavy (non-hydrogen) atoms. The average Bonchev–Trinajstić information content (AvgIpc) is 2.44. The van der Waals surface area contributed by atoms with E-state index in [1.807, 2.05) is 12.1 Å². The Balaban J connectivity index is 1.78. The van der Waals surface area contributed by atoms with Gasteiger partial charge in [-0.1, -0.05) is 6.07 Å². The van der Waals surface area contributed by atoms with Gasteiger partial charge in [0.1, 0.15) is 0 Å². The first kappa shape index (κ1) is 15.1. The third-order valence-corrected chi connectivity index (χ3v) is 3.53. The van der Waals surface area contributed by atoms with Gasteiger partial charge in [-0.15, -0.1) is 0 Å². The molecule has 2 N–H and O–H groups in total. The zero-order chi connectivity index (χ0) is 16.6. The van der Waals surface area contributed by atoms with Crippen LogP contribution in [0.25, 0.3) is 0 Å². The Kier molecular flexibility index (Phi) is 3.55. The molecule has 2 heterocycles. The molecule has 0 atom stereocenters. The average molecular weight is 316 g/mol. The van der Waals surface area contributed by atoms with E-state index in [2.05, 4.69) is 10.6 Å². The lowest BCUT2D eigenvalue weighted by Gasteiger charge is -2.29. The van der Waals surface area contributed by atoms with Crippen LogP contribution in [0, 0.1) is 0 Å². The molecule has 1 aromatic carbocycles. The van der Waals surface area contributed by atoms with Crippen LogP contribution in [0.3, 0.4) is 0 Å². The van der Waals surface area contributed by atoms with Gasteiger partial charge in [-0.05, 0) is 23.3 Å². The molecule has 1 amide bonds. The zero-order valence-electron chi connectivity index (χ0n) is 12.8. The molecule has 7 heteroatoms. The number of amides is 1. The monoisotopic (exact) mass is 316 g/mol. The predicted octanol–water partition coefficient (Wildman–Crippen LogP) is 0.991. The SMILES string of the molecule is CC1(C)OC(=O)C(=CNc2ccc3c(c2)CC(=O)NC3)C(=O)O1. The van der Waals surface area contributed by atoms with Gasteiger partial charge >= 0.3 is 11.9 Å². The van der Waals surface area contributed by atoms with Crippen molar-refractivity contribution in [2.75, 3.05) is 5.32 Å². The van der Waals surface area contributed by atoms with E-state index in [1.54, 1.807) is 6.07 Å². The van der Waals surface area contributed by atoms with Crippen LogP contribution < -0.4 is 10.6 Å². The molecule has 0 saturated carbocycles. The summed E-state index contributed by atoms with van der Waals surface area (Å²) in [6.45, 7) is 3.48. The van der Waals surface area contributed by atoms with Gasteiger partial charge in [0.25, 0.3) is 5.79 Å². The highest BCUT2D eigenvalue weighted by Gasteiger charge is 2.38. The number of anilines is 1. The molecule has 120 valence electrons. The van der Waals surface area contributed by atoms with Gasteiger partial charge in [0.15, 0.2) is 5.57 Å². The van der Waals surface area contributed by atoms with Crippen LogP contribution in [0.5, 0.6) is 0 Å². The minimum Gasteiger partial charge on any atom is -0.419 e. The highest BCUT2D eigenvalue weighted by Crippen LogP contribution is 2.23. The van der Waals surface area contributed by atoms with Crippen LogP contribution in [-0.4, -0.2) is 23.6 Å². The Labute approximate surface area is 132 Å². The summed E-state index contributed by atoms with van der Waals surface area (Å²) >= 11 is 0. The maximum Gasteiger partial charge on any atom is 0.350 e. The predicted molar refractivity (Wildman–Crippen MR) is 80.0 cm³/mol. The Bertz CT molecular complexity index is 714. The van der Waals surface area contributed by atoms with Gasteiger partial charge in [-0.3, -0.25) is 4.79 Å². The minimum absolute atomic E-state index is 0.0327. The fourth-order valence-corrected chi connectivity index (χ4v) is 2.42. The molecule has 0 aliphatic carbocycles. The topological polar surface area (TPSA) is 93.7 Å². The summed E-state index contributed by atoms with van der Waals surface area (Å²) in [5.41, 5.74) is 2.41. The van der Waals surface area contributed by atoms with Crippen molar-refractivity contribution in [1.29, 1.82) is 0 Å². The van der Waals surface area contributed by atoms with E-state index in [1.165, 1.54) is 20.0 Å². The third-order valence-electron chi connectivity index (χ3n) is 3.53. The van der Waals surface area contributed by atoms with Crippen molar-refractivity contribution in [2.24, 2.45) is 0 Å². The Morgan fingerprint density at radius 2 is 1.83 bits per heavy atom. The van der Waals surface area contributed by atoms with Crippen LogP contribution in [0.1, 0.15) is 25.0 Å². The second kappa shape index (κ2) is 5.42. The van der Waals surface area contributed by atoms with Crippen LogP contribution in [0.2, 0.25) is 0 Å². The smallest absolute Gasteiger partial charge is 0.350 e. The number of nitrogens with one attached hydrogen (secondary N) is 2. The maximum atomic E-state index is 11.8. The maximum absolute atomic E-state index is 11.8. The first-order valence-electron chi connectivity index (χ1n) is 7.16. The summed E-state index contributed by atoms with van der Waals surface area (Å²) in [6, 6.07) is 5.50. The number of carbonyl (C=O) groups excluding carboxylic acids is 3. The zero-order valence-corrected chi connectivity index (χ0v) is 12.8. The molecule has 0 radical (unpaired) electrons. The molecule has 0 aromatic heterocycles. The fourth-order valence-electron chi connectivity index (χ4n) is 2.42. The molecule has 7 nitrogen and oxygen atoms in total. The highest BCUT2D eigenvalue weighted by molar-refractivity contribution is 6.15. The molecular formula is C16H16N2O5. The lowest BCUT2D eigenvalue weighted by atomic mass is 10.00. The lowest BCUT2D eigenvalue weighted by molar-refractivity contribution is -0.222. The minimum atomic E-state index is -1.26. The molecule has 0 spiro atoms. The summed E-state index contributed by atoms with van der Waals surface area (Å²) in [6.07, 6.45) is 1.56. The van der Waals surface area contributed by atoms with E-state index in [9.17, 15) is 14.4 Å². The number of carbonyl (C=O) groups is 3. The molecule has 2 aliphatic heterocycles. The number of rotatable bonds is 2. The van der Waals surface area contributed by atoms with Gasteiger partial charge in [0.05, 0.1) is 6.42 Å². The van der Waals surface area contributed by atoms with Gasteiger partial charge in [0.2, 0.25) is 5.91 Å². The van der Waals surface area contributed by atoms with E-state index in [0.29, 0.717) is 18.7 Å². The van der Waals surface area contributed by atoms with Crippen molar-refractivity contribution in [3.8, 4) is 0 Å². The standard InChI is InChI=1S/C16H16N2O5/c1-16(2)22-14(20)12(15(21)23-16)8-17-11-4-3-9-7-18-13(19)6-10(9)5-11/h3-5,8,17H,6-7H2,1-2H3,(H,18,19). The number of esters is 2. The Morgan fingerprint density at radius 3 is 2.52 bits per heavy atom. The van der Waals surface area contributed by atoms with Crippen LogP contribution in [-0.2, 0) is 36.8 Å². The van der Waals surface area contributed by atoms with Crippen molar-refractivity contribution in [1.82, 2.24) is 5.32 Å². The van der Waals surface area contributed by atoms with Crippen molar-refractivity contribution in [3.63, 3.8) is 0 Å². The van der Waals surface area contributed by atoms with E-state index >= 15 is 0 Å². The van der Waals surface area contributed by atoms with Gasteiger partial charge in [0, 0.05) is 32.3 Å². The lowest BCUT2D eigenvalue weighted by Crippen LogP contribution is -2.42. The van der Waals surface area contributed by atoms with Crippen molar-refractivity contribution < 1.29 is 23.9 Å². The second-order valence-corrected chi connectivity index (χ2v) is 5.82. The van der Waals surface area contributed by atoms with Crippen molar-refractivity contribution in [3.05, 3.63) is 41.1 Å². The quantitative estimate of drug-likeness (QED) is 0.480. The van der Waals surface area contributed by atoms with Crippen LogP contribution >= 0.6 is 0 Å². The summed E-state index contributed by atoms with van der Waals surface area (Å²) in [7, 11) is 0. The first-order valence-corrected chi connectivity index (χ1v) is 7.16. The molecule has 2 aliphatic rings. The van der Waals surface area contributed by atoms with E-state index < -0.39 is 17.7 Å². The molecular weight excluding hydrogens is 300 g/mol. The van der Waals surface area contributed by atoms with E-state index in [-0.39, 0.29) is 11.5 Å². The molecule has 1 saturated heterocycles. The number of fused-ring (bicyclic) bond motifs is 1. The van der Waals surface area contributed by atoms with Crippen molar-refractivity contribution in [2.45, 2.75) is 32.6 Å². The summed E-state index contributed by atoms with van der Waals surface area (Å²) < 4.78 is 10.0. The van der Waals surface area contributed by atoms with Crippen LogP contribution in [0.4, 0.5) is 5.69 Å². The van der Waals surface area contributed by atoms with Crippen molar-refractivity contribution >= 4 is 23.5 Å². The van der Waals surface area contributed by atoms with Gasteiger partial charge in [-0.2, -0.15) is 0 Å².